The highest BCUT2D eigenvalue weighted by Gasteiger charge is 2.18. The molecule has 1 aromatic carbocycles. The minimum atomic E-state index is -0.335. The maximum absolute atomic E-state index is 12.4. The van der Waals surface area contributed by atoms with E-state index in [1.165, 1.54) is 18.4 Å². The summed E-state index contributed by atoms with van der Waals surface area (Å²) in [5.74, 6) is -0.0808. The monoisotopic (exact) mass is 389 g/mol. The second-order valence-electron chi connectivity index (χ2n) is 5.20. The fraction of sp³-hybridized carbons (Fsp3) is 0.188. The number of hydrogen-bond acceptors (Lipinski definition) is 8. The number of benzene rings is 1. The van der Waals surface area contributed by atoms with Crippen LogP contribution in [-0.2, 0) is 0 Å². The van der Waals surface area contributed by atoms with Crippen LogP contribution < -0.4 is 15.4 Å². The Morgan fingerprint density at radius 1 is 1.04 bits per heavy atom. The van der Waals surface area contributed by atoms with E-state index in [0.29, 0.717) is 32.1 Å². The summed E-state index contributed by atoms with van der Waals surface area (Å²) in [6, 6.07) is 6.77. The van der Waals surface area contributed by atoms with Gasteiger partial charge in [-0.05, 0) is 32.0 Å². The van der Waals surface area contributed by atoms with Crippen molar-refractivity contribution in [1.29, 1.82) is 0 Å². The lowest BCUT2D eigenvalue weighted by atomic mass is 10.2. The zero-order chi connectivity index (χ0) is 18.7. The molecule has 0 radical (unpaired) electrons. The molecule has 0 saturated heterocycles. The van der Waals surface area contributed by atoms with E-state index in [1.807, 2.05) is 0 Å². The predicted octanol–water partition coefficient (Wildman–Crippen LogP) is 3.12. The van der Waals surface area contributed by atoms with Gasteiger partial charge in [0.15, 0.2) is 5.13 Å². The third kappa shape index (κ3) is 4.03. The van der Waals surface area contributed by atoms with E-state index >= 15 is 0 Å². The second kappa shape index (κ2) is 7.58. The topological polar surface area (TPSA) is 106 Å². The van der Waals surface area contributed by atoms with Gasteiger partial charge in [-0.3, -0.25) is 20.2 Å². The fourth-order valence-electron chi connectivity index (χ4n) is 2.10. The number of carbonyl (C=O) groups excluding carboxylic acids is 2. The van der Waals surface area contributed by atoms with Gasteiger partial charge in [-0.1, -0.05) is 28.7 Å². The van der Waals surface area contributed by atoms with Gasteiger partial charge in [0.05, 0.1) is 12.8 Å². The normalized spacial score (nSPS) is 10.4. The van der Waals surface area contributed by atoms with E-state index in [1.54, 1.807) is 38.1 Å². The summed E-state index contributed by atoms with van der Waals surface area (Å²) < 4.78 is 5.11. The van der Waals surface area contributed by atoms with Crippen molar-refractivity contribution in [1.82, 2.24) is 15.2 Å². The number of rotatable bonds is 5. The van der Waals surface area contributed by atoms with Crippen molar-refractivity contribution >= 4 is 44.8 Å². The third-order valence-electron chi connectivity index (χ3n) is 3.30. The number of methoxy groups -OCH3 is 1. The smallest absolute Gasteiger partial charge is 0.269 e. The molecule has 10 heteroatoms. The van der Waals surface area contributed by atoms with Crippen molar-refractivity contribution in [3.63, 3.8) is 0 Å². The molecule has 134 valence electrons. The Hall–Kier alpha value is -2.85. The van der Waals surface area contributed by atoms with Crippen LogP contribution in [0.1, 0.15) is 30.7 Å². The Morgan fingerprint density at radius 3 is 2.50 bits per heavy atom. The Balaban J connectivity index is 1.73. The van der Waals surface area contributed by atoms with Gasteiger partial charge >= 0.3 is 0 Å². The Morgan fingerprint density at radius 2 is 1.81 bits per heavy atom. The van der Waals surface area contributed by atoms with Gasteiger partial charge in [0.25, 0.3) is 11.8 Å². The van der Waals surface area contributed by atoms with Crippen LogP contribution in [0.3, 0.4) is 0 Å². The second-order valence-corrected chi connectivity index (χ2v) is 7.38. The number of anilines is 2. The minimum Gasteiger partial charge on any atom is -0.497 e. The first kappa shape index (κ1) is 18.0. The Bertz CT molecular complexity index is 966. The molecule has 2 aromatic heterocycles. The summed E-state index contributed by atoms with van der Waals surface area (Å²) >= 11 is 2.38. The van der Waals surface area contributed by atoms with Gasteiger partial charge in [-0.15, -0.1) is 10.2 Å². The number of nitrogens with one attached hydrogen (secondary N) is 2. The first-order valence-corrected chi connectivity index (χ1v) is 9.14. The Kier molecular flexibility index (Phi) is 5.24. The number of aryl methyl sites for hydroxylation is 2. The molecule has 8 nitrogen and oxygen atoms in total. The number of amides is 2. The highest BCUT2D eigenvalue weighted by molar-refractivity contribution is 7.18. The van der Waals surface area contributed by atoms with Crippen LogP contribution in [0.2, 0.25) is 0 Å². The molecule has 2 amide bonds. The van der Waals surface area contributed by atoms with Gasteiger partial charge in [-0.25, -0.2) is 4.98 Å². The van der Waals surface area contributed by atoms with E-state index in [4.69, 9.17) is 4.74 Å². The lowest BCUT2D eigenvalue weighted by molar-refractivity contribution is 0.101. The van der Waals surface area contributed by atoms with Crippen LogP contribution in [0.4, 0.5) is 10.3 Å². The van der Waals surface area contributed by atoms with Crippen LogP contribution in [-0.4, -0.2) is 34.1 Å². The summed E-state index contributed by atoms with van der Waals surface area (Å²) in [5.41, 5.74) is 0.960. The van der Waals surface area contributed by atoms with Gasteiger partial charge in [0.2, 0.25) is 5.13 Å². The molecule has 0 fully saturated rings. The SMILES string of the molecule is COc1cccc(C(=O)Nc2nc(C)c(C(=O)Nc3nnc(C)s3)s2)c1. The molecular formula is C16H15N5O3S2. The van der Waals surface area contributed by atoms with Gasteiger partial charge in [0, 0.05) is 5.56 Å². The number of carbonyl (C=O) groups is 2. The highest BCUT2D eigenvalue weighted by atomic mass is 32.1. The van der Waals surface area contributed by atoms with Crippen molar-refractivity contribution in [2.75, 3.05) is 17.7 Å². The van der Waals surface area contributed by atoms with Crippen molar-refractivity contribution in [3.05, 3.63) is 45.4 Å². The van der Waals surface area contributed by atoms with E-state index in [0.717, 1.165) is 16.3 Å². The van der Waals surface area contributed by atoms with Crippen LogP contribution in [0.5, 0.6) is 5.75 Å². The minimum absolute atomic E-state index is 0.329. The molecule has 0 aliphatic rings. The first-order valence-electron chi connectivity index (χ1n) is 7.50. The maximum atomic E-state index is 12.4. The maximum Gasteiger partial charge on any atom is 0.269 e. The Labute approximate surface area is 157 Å². The summed E-state index contributed by atoms with van der Waals surface area (Å²) in [5, 5.41) is 14.6. The number of thiazole rings is 1. The third-order valence-corrected chi connectivity index (χ3v) is 5.13. The number of hydrogen-bond donors (Lipinski definition) is 2. The number of aromatic nitrogens is 3. The molecule has 3 rings (SSSR count). The van der Waals surface area contributed by atoms with E-state index < -0.39 is 0 Å². The van der Waals surface area contributed by atoms with Crippen LogP contribution in [0.25, 0.3) is 0 Å². The molecule has 0 unspecified atom stereocenters. The summed E-state index contributed by atoms with van der Waals surface area (Å²) in [4.78, 5) is 29.4. The molecule has 3 aromatic rings. The average molecular weight is 389 g/mol. The molecule has 0 aliphatic heterocycles. The van der Waals surface area contributed by atoms with Crippen LogP contribution >= 0.6 is 22.7 Å². The van der Waals surface area contributed by atoms with Crippen molar-refractivity contribution in [2.24, 2.45) is 0 Å². The molecular weight excluding hydrogens is 374 g/mol. The predicted molar refractivity (Wildman–Crippen MR) is 100 cm³/mol. The molecule has 2 heterocycles. The lowest BCUT2D eigenvalue weighted by Gasteiger charge is -2.04. The molecule has 0 atom stereocenters. The van der Waals surface area contributed by atoms with Crippen molar-refractivity contribution in [3.8, 4) is 5.75 Å². The molecule has 0 spiro atoms. The largest absolute Gasteiger partial charge is 0.497 e. The lowest BCUT2D eigenvalue weighted by Crippen LogP contribution is -2.11. The molecule has 26 heavy (non-hydrogen) atoms. The average Bonchev–Trinajstić information content (AvgIpc) is 3.20. The fourth-order valence-corrected chi connectivity index (χ4v) is 3.54. The zero-order valence-corrected chi connectivity index (χ0v) is 15.8. The molecule has 0 aliphatic carbocycles. The van der Waals surface area contributed by atoms with E-state index in [-0.39, 0.29) is 11.8 Å². The molecule has 0 saturated carbocycles. The van der Waals surface area contributed by atoms with E-state index in [9.17, 15) is 9.59 Å². The van der Waals surface area contributed by atoms with Crippen molar-refractivity contribution < 1.29 is 14.3 Å². The van der Waals surface area contributed by atoms with Crippen molar-refractivity contribution in [2.45, 2.75) is 13.8 Å². The summed E-state index contributed by atoms with van der Waals surface area (Å²) in [7, 11) is 1.53. The molecule has 2 N–H and O–H groups in total. The van der Waals surface area contributed by atoms with Crippen LogP contribution in [0, 0.1) is 13.8 Å². The molecule has 0 bridgehead atoms. The van der Waals surface area contributed by atoms with Crippen LogP contribution in [0.15, 0.2) is 24.3 Å². The van der Waals surface area contributed by atoms with E-state index in [2.05, 4.69) is 25.8 Å². The highest BCUT2D eigenvalue weighted by Crippen LogP contribution is 2.25. The standard InChI is InChI=1S/C16H15N5O3S2/c1-8-12(14(23)19-16-21-20-9(2)25-16)26-15(17-8)18-13(22)10-5-4-6-11(7-10)24-3/h4-7H,1-3H3,(H,17,18,22)(H,19,21,23). The quantitative estimate of drug-likeness (QED) is 0.694. The zero-order valence-electron chi connectivity index (χ0n) is 14.2. The van der Waals surface area contributed by atoms with Gasteiger partial charge in [-0.2, -0.15) is 0 Å². The van der Waals surface area contributed by atoms with Gasteiger partial charge in [0.1, 0.15) is 15.6 Å². The summed E-state index contributed by atoms with van der Waals surface area (Å²) in [6.45, 7) is 3.51. The van der Waals surface area contributed by atoms with Gasteiger partial charge < -0.3 is 4.74 Å². The first-order chi connectivity index (χ1) is 12.5. The number of ether oxygens (including phenoxy) is 1. The number of nitrogens with zero attached hydrogens (tertiary/aromatic N) is 3. The summed E-state index contributed by atoms with van der Waals surface area (Å²) in [6.07, 6.45) is 0.